The number of ether oxygens (including phenoxy) is 3. The molecule has 4 aliphatic rings. The molecule has 0 spiro atoms. The van der Waals surface area contributed by atoms with Gasteiger partial charge in [-0.15, -0.1) is 0 Å². The average molecular weight is 317 g/mol. The molecule has 1 saturated heterocycles. The molecule has 1 aromatic rings. The van der Waals surface area contributed by atoms with Crippen LogP contribution in [0, 0.1) is 5.21 Å². The Kier molecular flexibility index (Phi) is 2.56. The summed E-state index contributed by atoms with van der Waals surface area (Å²) in [7, 11) is 1.66. The first-order chi connectivity index (χ1) is 11.1. The number of rotatable bonds is 1. The van der Waals surface area contributed by atoms with Crippen LogP contribution in [0.2, 0.25) is 0 Å². The number of quaternary nitrogens is 1. The van der Waals surface area contributed by atoms with E-state index in [2.05, 4.69) is 0 Å². The normalized spacial score (nSPS) is 42.5. The molecular formula is C17H19NO5. The molecule has 1 aromatic carbocycles. The second-order valence-electron chi connectivity index (χ2n) is 6.99. The van der Waals surface area contributed by atoms with E-state index in [-0.39, 0.29) is 25.5 Å². The minimum Gasteiger partial charge on any atom is -0.632 e. The van der Waals surface area contributed by atoms with Crippen molar-refractivity contribution in [2.24, 2.45) is 0 Å². The van der Waals surface area contributed by atoms with Crippen molar-refractivity contribution < 1.29 is 24.0 Å². The minimum atomic E-state index is -0.694. The number of hydrogen-bond donors (Lipinski definition) is 1. The fourth-order valence-corrected chi connectivity index (χ4v) is 4.96. The van der Waals surface area contributed by atoms with E-state index in [1.54, 1.807) is 7.11 Å². The van der Waals surface area contributed by atoms with Crippen LogP contribution in [0.25, 0.3) is 0 Å². The highest BCUT2D eigenvalue weighted by Crippen LogP contribution is 2.56. The summed E-state index contributed by atoms with van der Waals surface area (Å²) in [5, 5.41) is 24.3. The zero-order valence-corrected chi connectivity index (χ0v) is 12.9. The van der Waals surface area contributed by atoms with Gasteiger partial charge in [0.05, 0.1) is 11.5 Å². The summed E-state index contributed by atoms with van der Waals surface area (Å²) in [5.41, 5.74) is 1.32. The number of benzene rings is 1. The largest absolute Gasteiger partial charge is 0.632 e. The molecule has 3 heterocycles. The lowest BCUT2D eigenvalue weighted by Crippen LogP contribution is -2.58. The van der Waals surface area contributed by atoms with Crippen LogP contribution in [0.4, 0.5) is 0 Å². The zero-order chi connectivity index (χ0) is 15.8. The SMILES string of the molecule is CO[C@H]1C=C[C@@]23c4cc5c(cc4C[N@+]([O-])(C[C@@H]2O)[C@H]3C1)OCO5. The maximum Gasteiger partial charge on any atom is 0.231 e. The highest BCUT2D eigenvalue weighted by atomic mass is 16.7. The first-order valence-electron chi connectivity index (χ1n) is 7.98. The van der Waals surface area contributed by atoms with E-state index in [1.165, 1.54) is 0 Å². The highest BCUT2D eigenvalue weighted by Gasteiger charge is 2.64. The van der Waals surface area contributed by atoms with Crippen LogP contribution in [0.5, 0.6) is 11.5 Å². The Balaban J connectivity index is 1.75. The molecule has 0 aromatic heterocycles. The number of nitrogens with zero attached hydrogens (tertiary/aromatic N) is 1. The lowest BCUT2D eigenvalue weighted by Gasteiger charge is -2.53. The van der Waals surface area contributed by atoms with Gasteiger partial charge in [0.2, 0.25) is 6.79 Å². The van der Waals surface area contributed by atoms with Gasteiger partial charge in [0.1, 0.15) is 25.2 Å². The molecule has 23 heavy (non-hydrogen) atoms. The molecular weight excluding hydrogens is 298 g/mol. The van der Waals surface area contributed by atoms with E-state index in [4.69, 9.17) is 14.2 Å². The van der Waals surface area contributed by atoms with Crippen molar-refractivity contribution in [3.8, 4) is 11.5 Å². The molecule has 5 atom stereocenters. The van der Waals surface area contributed by atoms with E-state index < -0.39 is 16.2 Å². The number of aliphatic hydroxyl groups is 1. The van der Waals surface area contributed by atoms with Crippen LogP contribution in [0.3, 0.4) is 0 Å². The molecule has 6 nitrogen and oxygen atoms in total. The Morgan fingerprint density at radius 2 is 2.13 bits per heavy atom. The van der Waals surface area contributed by atoms with Gasteiger partial charge in [-0.1, -0.05) is 12.2 Å². The van der Waals surface area contributed by atoms with Gasteiger partial charge in [0.25, 0.3) is 0 Å². The number of fused-ring (bicyclic) bond motifs is 2. The number of hydroxylamine groups is 3. The van der Waals surface area contributed by atoms with Crippen LogP contribution in [-0.4, -0.2) is 48.5 Å². The van der Waals surface area contributed by atoms with Crippen LogP contribution >= 0.6 is 0 Å². The maximum atomic E-state index is 13.4. The van der Waals surface area contributed by atoms with Gasteiger partial charge in [-0.05, 0) is 17.7 Å². The fraction of sp³-hybridized carbons (Fsp3) is 0.529. The second-order valence-corrected chi connectivity index (χ2v) is 6.99. The lowest BCUT2D eigenvalue weighted by molar-refractivity contribution is -0.911. The number of methoxy groups -OCH3 is 1. The topological polar surface area (TPSA) is 71.0 Å². The predicted molar refractivity (Wildman–Crippen MR) is 80.8 cm³/mol. The van der Waals surface area contributed by atoms with E-state index in [9.17, 15) is 10.3 Å². The highest BCUT2D eigenvalue weighted by molar-refractivity contribution is 5.55. The lowest BCUT2D eigenvalue weighted by atomic mass is 9.65. The zero-order valence-electron chi connectivity index (χ0n) is 12.9. The van der Waals surface area contributed by atoms with Gasteiger partial charge >= 0.3 is 0 Å². The molecule has 5 rings (SSSR count). The molecule has 2 bridgehead atoms. The van der Waals surface area contributed by atoms with Crippen LogP contribution in [0.1, 0.15) is 17.5 Å². The average Bonchev–Trinajstić information content (AvgIpc) is 3.05. The fourth-order valence-electron chi connectivity index (χ4n) is 4.96. The van der Waals surface area contributed by atoms with Crippen molar-refractivity contribution in [2.75, 3.05) is 20.4 Å². The van der Waals surface area contributed by atoms with Crippen molar-refractivity contribution in [3.05, 3.63) is 40.6 Å². The van der Waals surface area contributed by atoms with Gasteiger partial charge in [-0.25, -0.2) is 0 Å². The van der Waals surface area contributed by atoms with E-state index in [1.807, 2.05) is 24.3 Å². The predicted octanol–water partition coefficient (Wildman–Crippen LogP) is 1.20. The smallest absolute Gasteiger partial charge is 0.231 e. The van der Waals surface area contributed by atoms with Crippen molar-refractivity contribution >= 4 is 0 Å². The number of hydrogen-bond acceptors (Lipinski definition) is 5. The molecule has 0 unspecified atom stereocenters. The standard InChI is InChI=1S/C17H19NO5/c1-21-11-2-3-17-12-6-14-13(22-9-23-14)4-10(12)7-18(20,8-16(17)19)15(17)5-11/h2-4,6,11,15-16,19H,5,7-9H2,1H3/t11-,15-,16-,17-,18-/m0/s1. The van der Waals surface area contributed by atoms with E-state index >= 15 is 0 Å². The summed E-state index contributed by atoms with van der Waals surface area (Å²) in [6, 6.07) is 3.65. The Labute approximate surface area is 134 Å². The van der Waals surface area contributed by atoms with Gasteiger partial charge in [-0.2, -0.15) is 0 Å². The van der Waals surface area contributed by atoms with Crippen molar-refractivity contribution in [3.63, 3.8) is 0 Å². The molecule has 0 radical (unpaired) electrons. The second kappa shape index (κ2) is 4.27. The third-order valence-corrected chi connectivity index (χ3v) is 6.00. The first-order valence-corrected chi connectivity index (χ1v) is 7.98. The Morgan fingerprint density at radius 3 is 2.91 bits per heavy atom. The number of aliphatic hydroxyl groups excluding tert-OH is 1. The maximum absolute atomic E-state index is 13.4. The van der Waals surface area contributed by atoms with Crippen molar-refractivity contribution in [1.82, 2.24) is 0 Å². The Morgan fingerprint density at radius 1 is 1.35 bits per heavy atom. The molecule has 122 valence electrons. The van der Waals surface area contributed by atoms with E-state index in [0.29, 0.717) is 24.5 Å². The summed E-state index contributed by atoms with van der Waals surface area (Å²) >= 11 is 0. The molecule has 1 aliphatic carbocycles. The van der Waals surface area contributed by atoms with Crippen LogP contribution < -0.4 is 9.47 Å². The summed E-state index contributed by atoms with van der Waals surface area (Å²) in [5.74, 6) is 1.39. The van der Waals surface area contributed by atoms with Crippen LogP contribution in [-0.2, 0) is 16.7 Å². The molecule has 0 amide bonds. The van der Waals surface area contributed by atoms with E-state index in [0.717, 1.165) is 11.1 Å². The van der Waals surface area contributed by atoms with Crippen molar-refractivity contribution in [1.29, 1.82) is 0 Å². The summed E-state index contributed by atoms with van der Waals surface area (Å²) in [6.07, 6.45) is 3.84. The molecule has 3 aliphatic heterocycles. The van der Waals surface area contributed by atoms with Gasteiger partial charge in [0, 0.05) is 19.1 Å². The molecule has 1 fully saturated rings. The van der Waals surface area contributed by atoms with Crippen LogP contribution in [0.15, 0.2) is 24.3 Å². The molecule has 0 saturated carbocycles. The molecule has 1 N–H and O–H groups in total. The minimum absolute atomic E-state index is 0.0690. The third kappa shape index (κ3) is 1.57. The first kappa shape index (κ1) is 13.8. The van der Waals surface area contributed by atoms with Crippen molar-refractivity contribution in [2.45, 2.75) is 36.6 Å². The monoisotopic (exact) mass is 317 g/mol. The van der Waals surface area contributed by atoms with Gasteiger partial charge < -0.3 is 29.2 Å². The Hall–Kier alpha value is -1.60. The summed E-state index contributed by atoms with van der Waals surface area (Å²) < 4.78 is 16.0. The van der Waals surface area contributed by atoms with Gasteiger partial charge in [0.15, 0.2) is 11.5 Å². The van der Waals surface area contributed by atoms with Gasteiger partial charge in [-0.3, -0.25) is 0 Å². The quantitative estimate of drug-likeness (QED) is 0.479. The summed E-state index contributed by atoms with van der Waals surface area (Å²) in [4.78, 5) is 0. The Bertz CT molecular complexity index is 719. The third-order valence-electron chi connectivity index (χ3n) is 6.00. The summed E-state index contributed by atoms with van der Waals surface area (Å²) in [6.45, 7) is 0.780. The molecule has 6 heteroatoms.